The number of carbonyl (C=O) groups excluding carboxylic acids is 1. The fourth-order valence-corrected chi connectivity index (χ4v) is 4.27. The molecule has 0 bridgehead atoms. The molecule has 144 valence electrons. The number of amides is 1. The number of aryl methyl sites for hydroxylation is 1. The Hall–Kier alpha value is -1.89. The number of aromatic nitrogens is 2. The van der Waals surface area contributed by atoms with Gasteiger partial charge in [0.2, 0.25) is 0 Å². The second kappa shape index (κ2) is 8.00. The van der Waals surface area contributed by atoms with Crippen LogP contribution in [0, 0.1) is 6.92 Å². The average molecular weight is 389 g/mol. The van der Waals surface area contributed by atoms with E-state index in [2.05, 4.69) is 10.4 Å². The zero-order valence-corrected chi connectivity index (χ0v) is 16.3. The van der Waals surface area contributed by atoms with E-state index in [1.54, 1.807) is 0 Å². The Morgan fingerprint density at radius 3 is 2.85 bits per heavy atom. The van der Waals surface area contributed by atoms with E-state index in [-0.39, 0.29) is 11.9 Å². The second-order valence-electron chi connectivity index (χ2n) is 7.20. The average Bonchev–Trinajstić information content (AvgIpc) is 3.10. The van der Waals surface area contributed by atoms with Gasteiger partial charge in [0.15, 0.2) is 5.69 Å². The first-order valence-electron chi connectivity index (χ1n) is 9.55. The first kappa shape index (κ1) is 18.5. The molecule has 4 rings (SSSR count). The van der Waals surface area contributed by atoms with E-state index < -0.39 is 0 Å². The lowest BCUT2D eigenvalue weighted by molar-refractivity contribution is 0.0611. The molecule has 27 heavy (non-hydrogen) atoms. The molecule has 1 unspecified atom stereocenters. The van der Waals surface area contributed by atoms with Crippen molar-refractivity contribution >= 4 is 17.5 Å². The number of nitrogens with zero attached hydrogens (tertiary/aromatic N) is 3. The van der Waals surface area contributed by atoms with Gasteiger partial charge in [0.1, 0.15) is 0 Å². The summed E-state index contributed by atoms with van der Waals surface area (Å²) in [5.41, 5.74) is 2.51. The maximum absolute atomic E-state index is 13.3. The summed E-state index contributed by atoms with van der Waals surface area (Å²) in [5, 5.41) is 8.74. The Labute approximate surface area is 164 Å². The van der Waals surface area contributed by atoms with Crippen molar-refractivity contribution in [3.05, 3.63) is 52.3 Å². The molecule has 2 aromatic rings. The largest absolute Gasteiger partial charge is 0.381 e. The van der Waals surface area contributed by atoms with Crippen LogP contribution >= 0.6 is 11.6 Å². The molecule has 6 nitrogen and oxygen atoms in total. The highest BCUT2D eigenvalue weighted by atomic mass is 35.5. The molecule has 1 aromatic carbocycles. The van der Waals surface area contributed by atoms with Crippen molar-refractivity contribution < 1.29 is 9.53 Å². The van der Waals surface area contributed by atoms with E-state index >= 15 is 0 Å². The van der Waals surface area contributed by atoms with Crippen molar-refractivity contribution in [3.8, 4) is 0 Å². The van der Waals surface area contributed by atoms with Crippen LogP contribution in [0.5, 0.6) is 0 Å². The molecule has 2 saturated heterocycles. The minimum absolute atomic E-state index is 0.0321. The van der Waals surface area contributed by atoms with Gasteiger partial charge < -0.3 is 15.0 Å². The Morgan fingerprint density at radius 2 is 2.07 bits per heavy atom. The molecular weight excluding hydrogens is 364 g/mol. The van der Waals surface area contributed by atoms with Gasteiger partial charge >= 0.3 is 0 Å². The van der Waals surface area contributed by atoms with Gasteiger partial charge in [0.25, 0.3) is 5.91 Å². The fraction of sp³-hybridized carbons (Fsp3) is 0.500. The van der Waals surface area contributed by atoms with Crippen LogP contribution in [-0.2, 0) is 4.74 Å². The summed E-state index contributed by atoms with van der Waals surface area (Å²) in [7, 11) is 0. The van der Waals surface area contributed by atoms with E-state index in [4.69, 9.17) is 16.3 Å². The van der Waals surface area contributed by atoms with Gasteiger partial charge in [-0.05, 0) is 37.5 Å². The highest BCUT2D eigenvalue weighted by Gasteiger charge is 2.31. The number of ether oxygens (including phenoxy) is 1. The summed E-state index contributed by atoms with van der Waals surface area (Å²) in [4.78, 5) is 15.2. The van der Waals surface area contributed by atoms with E-state index in [0.29, 0.717) is 29.8 Å². The zero-order chi connectivity index (χ0) is 18.8. The highest BCUT2D eigenvalue weighted by Crippen LogP contribution is 2.30. The Morgan fingerprint density at radius 1 is 1.30 bits per heavy atom. The van der Waals surface area contributed by atoms with E-state index in [1.807, 2.05) is 46.8 Å². The summed E-state index contributed by atoms with van der Waals surface area (Å²) < 4.78 is 7.45. The Balaban J connectivity index is 1.60. The van der Waals surface area contributed by atoms with Gasteiger partial charge in [-0.25, -0.2) is 0 Å². The minimum atomic E-state index is -0.0894. The quantitative estimate of drug-likeness (QED) is 0.878. The van der Waals surface area contributed by atoms with Crippen LogP contribution in [-0.4, -0.2) is 53.4 Å². The molecule has 0 spiro atoms. The smallest absolute Gasteiger partial charge is 0.274 e. The van der Waals surface area contributed by atoms with Crippen LogP contribution in [0.1, 0.15) is 46.7 Å². The SMILES string of the molecule is Cc1cc(C(=O)N2CCNCC2c2ccccc2Cl)nn1C1CCOCC1. The molecular formula is C20H25ClN4O2. The molecule has 2 fully saturated rings. The minimum Gasteiger partial charge on any atom is -0.381 e. The maximum Gasteiger partial charge on any atom is 0.274 e. The van der Waals surface area contributed by atoms with E-state index in [9.17, 15) is 4.79 Å². The van der Waals surface area contributed by atoms with Gasteiger partial charge in [0, 0.05) is 43.6 Å². The number of carbonyl (C=O) groups is 1. The number of rotatable bonds is 3. The number of hydrogen-bond acceptors (Lipinski definition) is 4. The number of nitrogens with one attached hydrogen (secondary N) is 1. The lowest BCUT2D eigenvalue weighted by atomic mass is 10.0. The first-order chi connectivity index (χ1) is 13.1. The summed E-state index contributed by atoms with van der Waals surface area (Å²) in [6.07, 6.45) is 1.87. The van der Waals surface area contributed by atoms with Gasteiger partial charge in [0.05, 0.1) is 12.1 Å². The second-order valence-corrected chi connectivity index (χ2v) is 7.61. The van der Waals surface area contributed by atoms with Crippen LogP contribution in [0.25, 0.3) is 0 Å². The molecule has 0 radical (unpaired) electrons. The van der Waals surface area contributed by atoms with Crippen LogP contribution in [0.15, 0.2) is 30.3 Å². The van der Waals surface area contributed by atoms with Crippen LogP contribution in [0.2, 0.25) is 5.02 Å². The molecule has 0 saturated carbocycles. The third-order valence-electron chi connectivity index (χ3n) is 5.45. The van der Waals surface area contributed by atoms with Crippen molar-refractivity contribution in [2.45, 2.75) is 31.8 Å². The normalized spacial score (nSPS) is 21.4. The first-order valence-corrected chi connectivity index (χ1v) is 9.93. The Bertz CT molecular complexity index is 816. The highest BCUT2D eigenvalue weighted by molar-refractivity contribution is 6.31. The van der Waals surface area contributed by atoms with Gasteiger partial charge in [-0.1, -0.05) is 29.8 Å². The van der Waals surface area contributed by atoms with Crippen molar-refractivity contribution in [2.24, 2.45) is 0 Å². The topological polar surface area (TPSA) is 59.4 Å². The molecule has 2 aliphatic rings. The molecule has 1 atom stereocenters. The summed E-state index contributed by atoms with van der Waals surface area (Å²) in [6, 6.07) is 9.86. The Kier molecular flexibility index (Phi) is 5.48. The molecule has 0 aliphatic carbocycles. The molecule has 2 aliphatic heterocycles. The van der Waals surface area contributed by atoms with Crippen LogP contribution in [0.3, 0.4) is 0 Å². The molecule has 1 amide bonds. The summed E-state index contributed by atoms with van der Waals surface area (Å²) in [5.74, 6) is -0.0321. The van der Waals surface area contributed by atoms with Gasteiger partial charge in [-0.3, -0.25) is 9.48 Å². The monoisotopic (exact) mass is 388 g/mol. The summed E-state index contributed by atoms with van der Waals surface area (Å²) in [6.45, 7) is 5.61. The number of hydrogen-bond donors (Lipinski definition) is 1. The predicted octanol–water partition coefficient (Wildman–Crippen LogP) is 2.98. The van der Waals surface area contributed by atoms with Crippen molar-refractivity contribution in [3.63, 3.8) is 0 Å². The van der Waals surface area contributed by atoms with Gasteiger partial charge in [-0.2, -0.15) is 5.10 Å². The van der Waals surface area contributed by atoms with Crippen LogP contribution < -0.4 is 5.32 Å². The standard InChI is InChI=1S/C20H25ClN4O2/c1-14-12-18(23-25(14)15-6-10-27-11-7-15)20(26)24-9-8-22-13-19(24)16-4-2-3-5-17(16)21/h2-5,12,15,19,22H,6-11,13H2,1H3. The van der Waals surface area contributed by atoms with Gasteiger partial charge in [-0.15, -0.1) is 0 Å². The number of piperazine rings is 1. The molecule has 1 N–H and O–H groups in total. The van der Waals surface area contributed by atoms with Crippen molar-refractivity contribution in [1.29, 1.82) is 0 Å². The van der Waals surface area contributed by atoms with E-state index in [1.165, 1.54) is 0 Å². The van der Waals surface area contributed by atoms with E-state index in [0.717, 1.165) is 43.9 Å². The van der Waals surface area contributed by atoms with Crippen molar-refractivity contribution in [1.82, 2.24) is 20.0 Å². The van der Waals surface area contributed by atoms with Crippen LogP contribution in [0.4, 0.5) is 0 Å². The molecule has 7 heteroatoms. The lowest BCUT2D eigenvalue weighted by Crippen LogP contribution is -2.48. The number of benzene rings is 1. The zero-order valence-electron chi connectivity index (χ0n) is 15.5. The molecule has 1 aromatic heterocycles. The third kappa shape index (κ3) is 3.74. The molecule has 3 heterocycles. The fourth-order valence-electron chi connectivity index (χ4n) is 4.01. The third-order valence-corrected chi connectivity index (χ3v) is 5.79. The summed E-state index contributed by atoms with van der Waals surface area (Å²) >= 11 is 6.41. The maximum atomic E-state index is 13.3. The lowest BCUT2D eigenvalue weighted by Gasteiger charge is -2.36. The van der Waals surface area contributed by atoms with Crippen molar-refractivity contribution in [2.75, 3.05) is 32.8 Å². The number of halogens is 1. The predicted molar refractivity (Wildman–Crippen MR) is 104 cm³/mol.